The average Bonchev–Trinajstić information content (AvgIpc) is 3.02. The Bertz CT molecular complexity index is 404. The van der Waals surface area contributed by atoms with Crippen molar-refractivity contribution in [1.29, 1.82) is 0 Å². The molecular formula is C12H13ClFNO. The monoisotopic (exact) mass is 241 g/mol. The summed E-state index contributed by atoms with van der Waals surface area (Å²) in [6, 6.07) is 6.31. The first-order valence-electron chi connectivity index (χ1n) is 5.26. The summed E-state index contributed by atoms with van der Waals surface area (Å²) >= 11 is 5.75. The van der Waals surface area contributed by atoms with Crippen LogP contribution in [-0.2, 0) is 11.2 Å². The Morgan fingerprint density at radius 2 is 2.12 bits per heavy atom. The molecule has 0 heterocycles. The number of nitrogens with one attached hydrogen (secondary N) is 1. The third-order valence-electron chi connectivity index (χ3n) is 2.82. The second-order valence-corrected chi connectivity index (χ2v) is 4.50. The van der Waals surface area contributed by atoms with Gasteiger partial charge in [-0.2, -0.15) is 0 Å². The predicted molar refractivity (Wildman–Crippen MR) is 60.9 cm³/mol. The highest BCUT2D eigenvalue weighted by Crippen LogP contribution is 2.36. The van der Waals surface area contributed by atoms with Crippen molar-refractivity contribution < 1.29 is 9.18 Å². The highest BCUT2D eigenvalue weighted by Gasteiger charge is 2.43. The molecule has 16 heavy (non-hydrogen) atoms. The van der Waals surface area contributed by atoms with E-state index < -0.39 is 0 Å². The molecule has 1 fully saturated rings. The van der Waals surface area contributed by atoms with Crippen LogP contribution in [0.1, 0.15) is 18.4 Å². The van der Waals surface area contributed by atoms with E-state index in [4.69, 9.17) is 11.6 Å². The van der Waals surface area contributed by atoms with Crippen LogP contribution in [0.3, 0.4) is 0 Å². The summed E-state index contributed by atoms with van der Waals surface area (Å²) in [6.07, 6.45) is 1.91. The number of hydrogen-bond acceptors (Lipinski definition) is 1. The van der Waals surface area contributed by atoms with E-state index in [1.807, 2.05) is 0 Å². The first-order valence-corrected chi connectivity index (χ1v) is 5.79. The Kier molecular flexibility index (Phi) is 3.15. The molecule has 1 aliphatic rings. The first-order chi connectivity index (χ1) is 7.65. The van der Waals surface area contributed by atoms with E-state index in [2.05, 4.69) is 5.32 Å². The molecule has 2 rings (SSSR count). The van der Waals surface area contributed by atoms with Crippen molar-refractivity contribution in [3.8, 4) is 0 Å². The summed E-state index contributed by atoms with van der Waals surface area (Å²) in [5, 5.41) is 2.86. The standard InChI is InChI=1S/C12H13ClFNO/c13-8-12(5-6-12)15-11(16)7-9-3-1-2-4-10(9)14/h1-4H,5-8H2,(H,15,16). The molecule has 0 saturated heterocycles. The van der Waals surface area contributed by atoms with Crippen LogP contribution in [0.5, 0.6) is 0 Å². The van der Waals surface area contributed by atoms with Crippen molar-refractivity contribution in [3.63, 3.8) is 0 Å². The molecule has 1 saturated carbocycles. The third kappa shape index (κ3) is 2.53. The highest BCUT2D eigenvalue weighted by molar-refractivity contribution is 6.19. The van der Waals surface area contributed by atoms with E-state index in [1.165, 1.54) is 6.07 Å². The fraction of sp³-hybridized carbons (Fsp3) is 0.417. The van der Waals surface area contributed by atoms with Crippen molar-refractivity contribution in [3.05, 3.63) is 35.6 Å². The van der Waals surface area contributed by atoms with E-state index in [9.17, 15) is 9.18 Å². The van der Waals surface area contributed by atoms with Crippen molar-refractivity contribution in [2.24, 2.45) is 0 Å². The van der Waals surface area contributed by atoms with Gasteiger partial charge >= 0.3 is 0 Å². The molecule has 2 nitrogen and oxygen atoms in total. The maximum absolute atomic E-state index is 13.3. The van der Waals surface area contributed by atoms with Crippen LogP contribution in [0.4, 0.5) is 4.39 Å². The number of amides is 1. The third-order valence-corrected chi connectivity index (χ3v) is 3.33. The van der Waals surface area contributed by atoms with Gasteiger partial charge in [-0.15, -0.1) is 11.6 Å². The van der Waals surface area contributed by atoms with E-state index in [-0.39, 0.29) is 23.7 Å². The van der Waals surface area contributed by atoms with E-state index in [0.29, 0.717) is 11.4 Å². The van der Waals surface area contributed by atoms with Crippen molar-refractivity contribution in [2.75, 3.05) is 5.88 Å². The fourth-order valence-corrected chi connectivity index (χ4v) is 1.93. The van der Waals surface area contributed by atoms with Gasteiger partial charge < -0.3 is 5.32 Å². The Morgan fingerprint density at radius 3 is 2.69 bits per heavy atom. The molecule has 0 atom stereocenters. The lowest BCUT2D eigenvalue weighted by Crippen LogP contribution is -2.39. The van der Waals surface area contributed by atoms with Crippen molar-refractivity contribution in [1.82, 2.24) is 5.32 Å². The molecule has 1 amide bonds. The minimum atomic E-state index is -0.339. The Morgan fingerprint density at radius 1 is 1.44 bits per heavy atom. The summed E-state index contributed by atoms with van der Waals surface area (Å²) in [5.74, 6) is -0.0765. The number of rotatable bonds is 4. The fourth-order valence-electron chi connectivity index (χ4n) is 1.60. The molecule has 1 aromatic rings. The van der Waals surface area contributed by atoms with Crippen LogP contribution < -0.4 is 5.32 Å². The predicted octanol–water partition coefficient (Wildman–Crippen LogP) is 2.26. The zero-order chi connectivity index (χ0) is 11.6. The summed E-state index contributed by atoms with van der Waals surface area (Å²) in [7, 11) is 0. The van der Waals surface area contributed by atoms with Crippen LogP contribution in [0.15, 0.2) is 24.3 Å². The molecule has 1 aliphatic carbocycles. The van der Waals surface area contributed by atoms with Gasteiger partial charge in [0.25, 0.3) is 0 Å². The zero-order valence-corrected chi connectivity index (χ0v) is 9.56. The maximum Gasteiger partial charge on any atom is 0.224 e. The van der Waals surface area contributed by atoms with Gasteiger partial charge in [-0.05, 0) is 24.5 Å². The molecule has 0 spiro atoms. The topological polar surface area (TPSA) is 29.1 Å². The quantitative estimate of drug-likeness (QED) is 0.805. The molecule has 0 unspecified atom stereocenters. The van der Waals surface area contributed by atoms with Crippen molar-refractivity contribution in [2.45, 2.75) is 24.8 Å². The molecule has 86 valence electrons. The second kappa shape index (κ2) is 4.42. The largest absolute Gasteiger partial charge is 0.349 e. The number of benzene rings is 1. The second-order valence-electron chi connectivity index (χ2n) is 4.23. The normalized spacial score (nSPS) is 16.9. The molecule has 0 aromatic heterocycles. The molecule has 4 heteroatoms. The van der Waals surface area contributed by atoms with Crippen LogP contribution in [0.2, 0.25) is 0 Å². The van der Waals surface area contributed by atoms with Crippen molar-refractivity contribution >= 4 is 17.5 Å². The van der Waals surface area contributed by atoms with Crippen LogP contribution >= 0.6 is 11.6 Å². The van der Waals surface area contributed by atoms with Gasteiger partial charge in [0.05, 0.1) is 12.0 Å². The molecule has 0 bridgehead atoms. The zero-order valence-electron chi connectivity index (χ0n) is 8.80. The number of alkyl halides is 1. The van der Waals surface area contributed by atoms with Gasteiger partial charge in [-0.25, -0.2) is 4.39 Å². The van der Waals surface area contributed by atoms with E-state index in [1.54, 1.807) is 18.2 Å². The lowest BCUT2D eigenvalue weighted by molar-refractivity contribution is -0.121. The van der Waals surface area contributed by atoms with Gasteiger partial charge in [0.2, 0.25) is 5.91 Å². The minimum Gasteiger partial charge on any atom is -0.349 e. The lowest BCUT2D eigenvalue weighted by Gasteiger charge is -2.13. The van der Waals surface area contributed by atoms with Gasteiger partial charge in [-0.1, -0.05) is 18.2 Å². The number of hydrogen-bond donors (Lipinski definition) is 1. The summed E-state index contributed by atoms with van der Waals surface area (Å²) in [5.41, 5.74) is 0.203. The smallest absolute Gasteiger partial charge is 0.224 e. The lowest BCUT2D eigenvalue weighted by atomic mass is 10.1. The summed E-state index contributed by atoms with van der Waals surface area (Å²) < 4.78 is 13.3. The molecule has 1 N–H and O–H groups in total. The first kappa shape index (κ1) is 11.4. The highest BCUT2D eigenvalue weighted by atomic mass is 35.5. The Hall–Kier alpha value is -1.09. The Balaban J connectivity index is 1.95. The molecular weight excluding hydrogens is 229 g/mol. The van der Waals surface area contributed by atoms with E-state index in [0.717, 1.165) is 12.8 Å². The van der Waals surface area contributed by atoms with Gasteiger partial charge in [-0.3, -0.25) is 4.79 Å². The van der Waals surface area contributed by atoms with Gasteiger partial charge in [0.1, 0.15) is 5.82 Å². The van der Waals surface area contributed by atoms with Gasteiger partial charge in [0.15, 0.2) is 0 Å². The van der Waals surface area contributed by atoms with Crippen LogP contribution in [-0.4, -0.2) is 17.3 Å². The molecule has 1 aromatic carbocycles. The molecule has 0 radical (unpaired) electrons. The van der Waals surface area contributed by atoms with Crippen LogP contribution in [0.25, 0.3) is 0 Å². The number of carbonyl (C=O) groups excluding carboxylic acids is 1. The number of halogens is 2. The van der Waals surface area contributed by atoms with Gasteiger partial charge in [0, 0.05) is 5.88 Å². The summed E-state index contributed by atoms with van der Waals surface area (Å²) in [6.45, 7) is 0. The van der Waals surface area contributed by atoms with E-state index >= 15 is 0 Å². The minimum absolute atomic E-state index is 0.0747. The number of carbonyl (C=O) groups is 1. The SMILES string of the molecule is O=C(Cc1ccccc1F)NC1(CCl)CC1. The van der Waals surface area contributed by atoms with Crippen LogP contribution in [0, 0.1) is 5.82 Å². The molecule has 0 aliphatic heterocycles. The summed E-state index contributed by atoms with van der Waals surface area (Å²) in [4.78, 5) is 11.6. The average molecular weight is 242 g/mol. The Labute approximate surface area is 98.8 Å². The maximum atomic E-state index is 13.3.